The number of rotatable bonds is 4. The van der Waals surface area contributed by atoms with Crippen LogP contribution in [0.15, 0.2) is 0 Å². The smallest absolute Gasteiger partial charge is 0.335 e. The molecule has 0 fully saturated rings. The van der Waals surface area contributed by atoms with E-state index in [0.29, 0.717) is 4.90 Å². The first-order valence-electron chi connectivity index (χ1n) is 4.96. The molecular weight excluding hydrogens is 221 g/mol. The highest BCUT2D eigenvalue weighted by atomic mass is 19.4. The van der Waals surface area contributed by atoms with Gasteiger partial charge in [-0.3, -0.25) is 4.79 Å². The Balaban J connectivity index is 4.85. The lowest BCUT2D eigenvalue weighted by Gasteiger charge is -2.28. The Bertz CT molecular complexity index is 289. The maximum absolute atomic E-state index is 12.1. The van der Waals surface area contributed by atoms with E-state index in [1.165, 1.54) is 0 Å². The standard InChI is InChI=1S/C10H15F3N2O/c1-4-9(5-2,6-14)8(16)15(3)7-10(11,12)13/h4-5,7H2,1-3H3. The van der Waals surface area contributed by atoms with Crippen molar-refractivity contribution in [2.24, 2.45) is 5.41 Å². The molecule has 92 valence electrons. The first-order valence-corrected chi connectivity index (χ1v) is 4.96. The fourth-order valence-electron chi connectivity index (χ4n) is 1.46. The van der Waals surface area contributed by atoms with Gasteiger partial charge >= 0.3 is 6.18 Å². The molecule has 0 unspecified atom stereocenters. The molecule has 6 heteroatoms. The van der Waals surface area contributed by atoms with Crippen molar-refractivity contribution in [3.05, 3.63) is 0 Å². The molecule has 0 aromatic heterocycles. The van der Waals surface area contributed by atoms with Crippen LogP contribution < -0.4 is 0 Å². The minimum Gasteiger partial charge on any atom is -0.335 e. The molecule has 0 rings (SSSR count). The van der Waals surface area contributed by atoms with E-state index < -0.39 is 24.0 Å². The van der Waals surface area contributed by atoms with E-state index in [9.17, 15) is 18.0 Å². The van der Waals surface area contributed by atoms with Crippen molar-refractivity contribution in [2.75, 3.05) is 13.6 Å². The van der Waals surface area contributed by atoms with Gasteiger partial charge < -0.3 is 4.90 Å². The van der Waals surface area contributed by atoms with Crippen LogP contribution in [0.3, 0.4) is 0 Å². The van der Waals surface area contributed by atoms with Gasteiger partial charge in [-0.05, 0) is 12.8 Å². The summed E-state index contributed by atoms with van der Waals surface area (Å²) in [4.78, 5) is 12.3. The number of hydrogen-bond acceptors (Lipinski definition) is 2. The fourth-order valence-corrected chi connectivity index (χ4v) is 1.46. The minimum atomic E-state index is -4.44. The monoisotopic (exact) mass is 236 g/mol. The molecule has 0 bridgehead atoms. The van der Waals surface area contributed by atoms with Crippen molar-refractivity contribution < 1.29 is 18.0 Å². The second-order valence-corrected chi connectivity index (χ2v) is 3.68. The number of nitriles is 1. The van der Waals surface area contributed by atoms with Crippen molar-refractivity contribution in [2.45, 2.75) is 32.9 Å². The third-order valence-electron chi connectivity index (χ3n) is 2.59. The van der Waals surface area contributed by atoms with Crippen LogP contribution in [0.2, 0.25) is 0 Å². The molecule has 0 aliphatic rings. The van der Waals surface area contributed by atoms with E-state index in [4.69, 9.17) is 5.26 Å². The summed E-state index contributed by atoms with van der Waals surface area (Å²) in [6, 6.07) is 1.82. The fraction of sp³-hybridized carbons (Fsp3) is 0.800. The summed E-state index contributed by atoms with van der Waals surface area (Å²) in [6.45, 7) is 1.91. The average Bonchev–Trinajstić information content (AvgIpc) is 2.18. The van der Waals surface area contributed by atoms with E-state index in [1.54, 1.807) is 13.8 Å². The molecular formula is C10H15F3N2O. The molecule has 0 heterocycles. The topological polar surface area (TPSA) is 44.1 Å². The van der Waals surface area contributed by atoms with Gasteiger partial charge in [0.05, 0.1) is 6.07 Å². The van der Waals surface area contributed by atoms with Gasteiger partial charge in [0.2, 0.25) is 5.91 Å². The predicted molar refractivity (Wildman–Crippen MR) is 52.3 cm³/mol. The van der Waals surface area contributed by atoms with Gasteiger partial charge in [0.25, 0.3) is 0 Å². The number of alkyl halides is 3. The van der Waals surface area contributed by atoms with Crippen LogP contribution in [0.1, 0.15) is 26.7 Å². The number of amides is 1. The van der Waals surface area contributed by atoms with Crippen LogP contribution >= 0.6 is 0 Å². The van der Waals surface area contributed by atoms with E-state index in [1.807, 2.05) is 6.07 Å². The Morgan fingerprint density at radius 3 is 2.00 bits per heavy atom. The molecule has 0 N–H and O–H groups in total. The number of halogens is 3. The molecule has 0 aliphatic carbocycles. The van der Waals surface area contributed by atoms with Crippen molar-refractivity contribution >= 4 is 5.91 Å². The first-order chi connectivity index (χ1) is 7.22. The van der Waals surface area contributed by atoms with Gasteiger partial charge in [-0.25, -0.2) is 0 Å². The molecule has 0 radical (unpaired) electrons. The van der Waals surface area contributed by atoms with Gasteiger partial charge in [0, 0.05) is 7.05 Å². The summed E-state index contributed by atoms with van der Waals surface area (Å²) in [5, 5.41) is 8.92. The quantitative estimate of drug-likeness (QED) is 0.752. The minimum absolute atomic E-state index is 0.209. The van der Waals surface area contributed by atoms with Crippen LogP contribution in [0.4, 0.5) is 13.2 Å². The van der Waals surface area contributed by atoms with Crippen LogP contribution in [0, 0.1) is 16.7 Å². The normalized spacial score (nSPS) is 12.1. The molecule has 1 amide bonds. The van der Waals surface area contributed by atoms with Crippen LogP contribution in [-0.2, 0) is 4.79 Å². The van der Waals surface area contributed by atoms with Crippen LogP contribution in [-0.4, -0.2) is 30.6 Å². The Morgan fingerprint density at radius 2 is 1.75 bits per heavy atom. The SMILES string of the molecule is CCC(C#N)(CC)C(=O)N(C)CC(F)(F)F. The maximum Gasteiger partial charge on any atom is 0.406 e. The molecule has 0 atom stereocenters. The lowest BCUT2D eigenvalue weighted by atomic mass is 9.82. The lowest BCUT2D eigenvalue weighted by molar-refractivity contribution is -0.163. The zero-order valence-electron chi connectivity index (χ0n) is 9.56. The summed E-state index contributed by atoms with van der Waals surface area (Å²) >= 11 is 0. The molecule has 0 aromatic rings. The molecule has 0 saturated heterocycles. The van der Waals surface area contributed by atoms with Crippen molar-refractivity contribution in [3.8, 4) is 6.07 Å². The third-order valence-corrected chi connectivity index (χ3v) is 2.59. The zero-order valence-corrected chi connectivity index (χ0v) is 9.56. The second-order valence-electron chi connectivity index (χ2n) is 3.68. The maximum atomic E-state index is 12.1. The summed E-state index contributed by atoms with van der Waals surface area (Å²) in [5.41, 5.74) is -1.33. The Morgan fingerprint density at radius 1 is 1.31 bits per heavy atom. The summed E-state index contributed by atoms with van der Waals surface area (Å²) in [7, 11) is 1.06. The molecule has 16 heavy (non-hydrogen) atoms. The largest absolute Gasteiger partial charge is 0.406 e. The number of carbonyl (C=O) groups is 1. The Hall–Kier alpha value is -1.25. The van der Waals surface area contributed by atoms with Crippen molar-refractivity contribution in [1.29, 1.82) is 5.26 Å². The first kappa shape index (κ1) is 14.8. The van der Waals surface area contributed by atoms with E-state index >= 15 is 0 Å². The highest BCUT2D eigenvalue weighted by Crippen LogP contribution is 2.29. The molecule has 0 aromatic carbocycles. The summed E-state index contributed by atoms with van der Waals surface area (Å²) < 4.78 is 36.3. The van der Waals surface area contributed by atoms with Gasteiger partial charge in [-0.2, -0.15) is 18.4 Å². The highest BCUT2D eigenvalue weighted by molar-refractivity contribution is 5.85. The van der Waals surface area contributed by atoms with Crippen LogP contribution in [0.25, 0.3) is 0 Å². The second kappa shape index (κ2) is 5.19. The molecule has 0 aliphatic heterocycles. The highest BCUT2D eigenvalue weighted by Gasteiger charge is 2.40. The average molecular weight is 236 g/mol. The number of nitrogens with zero attached hydrogens (tertiary/aromatic N) is 2. The van der Waals surface area contributed by atoms with Gasteiger partial charge in [-0.15, -0.1) is 0 Å². The van der Waals surface area contributed by atoms with Crippen molar-refractivity contribution in [1.82, 2.24) is 4.90 Å². The Kier molecular flexibility index (Phi) is 4.79. The van der Waals surface area contributed by atoms with Gasteiger partial charge in [0.1, 0.15) is 12.0 Å². The molecule has 3 nitrogen and oxygen atoms in total. The zero-order chi connectivity index (χ0) is 13.0. The summed E-state index contributed by atoms with van der Waals surface area (Å²) in [5.74, 6) is -0.766. The van der Waals surface area contributed by atoms with E-state index in [0.717, 1.165) is 7.05 Å². The molecule has 0 spiro atoms. The van der Waals surface area contributed by atoms with E-state index in [2.05, 4.69) is 0 Å². The van der Waals surface area contributed by atoms with E-state index in [-0.39, 0.29) is 12.8 Å². The van der Waals surface area contributed by atoms with Gasteiger partial charge in [-0.1, -0.05) is 13.8 Å². The van der Waals surface area contributed by atoms with Crippen molar-refractivity contribution in [3.63, 3.8) is 0 Å². The van der Waals surface area contributed by atoms with Crippen LogP contribution in [0.5, 0.6) is 0 Å². The third kappa shape index (κ3) is 3.40. The number of hydrogen-bond donors (Lipinski definition) is 0. The lowest BCUT2D eigenvalue weighted by Crippen LogP contribution is -2.44. The molecule has 0 saturated carbocycles. The number of carbonyl (C=O) groups excluding carboxylic acids is 1. The summed E-state index contributed by atoms with van der Waals surface area (Å²) in [6.07, 6.45) is -4.02. The Labute approximate surface area is 92.8 Å². The van der Waals surface area contributed by atoms with Gasteiger partial charge in [0.15, 0.2) is 0 Å². The predicted octanol–water partition coefficient (Wildman–Crippen LogP) is 2.34.